The van der Waals surface area contributed by atoms with E-state index in [0.717, 1.165) is 0 Å². The SMILES string of the molecule is Cn1nccc1C(=O)N[C@@H](CCC(=O)O)C(=O)O. The van der Waals surface area contributed by atoms with Crippen molar-refractivity contribution in [1.82, 2.24) is 15.1 Å². The molecule has 1 aromatic heterocycles. The van der Waals surface area contributed by atoms with Gasteiger partial charge >= 0.3 is 11.9 Å². The molecule has 1 heterocycles. The predicted molar refractivity (Wildman–Crippen MR) is 59.0 cm³/mol. The number of carboxylic acids is 2. The zero-order valence-electron chi connectivity index (χ0n) is 9.66. The van der Waals surface area contributed by atoms with Gasteiger partial charge in [-0.25, -0.2) is 4.79 Å². The predicted octanol–water partition coefficient (Wildman–Crippen LogP) is -0.532. The summed E-state index contributed by atoms with van der Waals surface area (Å²) in [7, 11) is 1.54. The summed E-state index contributed by atoms with van der Waals surface area (Å²) in [5.41, 5.74) is 0.205. The number of aromatic nitrogens is 2. The smallest absolute Gasteiger partial charge is 0.326 e. The van der Waals surface area contributed by atoms with Crippen LogP contribution in [-0.2, 0) is 16.6 Å². The van der Waals surface area contributed by atoms with Gasteiger partial charge in [0, 0.05) is 19.7 Å². The molecule has 18 heavy (non-hydrogen) atoms. The van der Waals surface area contributed by atoms with Gasteiger partial charge in [0.1, 0.15) is 11.7 Å². The van der Waals surface area contributed by atoms with Gasteiger partial charge < -0.3 is 15.5 Å². The van der Waals surface area contributed by atoms with Gasteiger partial charge in [-0.2, -0.15) is 5.10 Å². The Kier molecular flexibility index (Phi) is 4.41. The molecule has 8 nitrogen and oxygen atoms in total. The monoisotopic (exact) mass is 255 g/mol. The molecule has 0 unspecified atom stereocenters. The Bertz CT molecular complexity index is 468. The molecule has 98 valence electrons. The molecule has 3 N–H and O–H groups in total. The fourth-order valence-electron chi connectivity index (χ4n) is 1.35. The number of nitrogens with zero attached hydrogens (tertiary/aromatic N) is 2. The van der Waals surface area contributed by atoms with Gasteiger partial charge in [-0.15, -0.1) is 0 Å². The quantitative estimate of drug-likeness (QED) is 0.628. The number of aliphatic carboxylic acids is 2. The fourth-order valence-corrected chi connectivity index (χ4v) is 1.35. The summed E-state index contributed by atoms with van der Waals surface area (Å²) in [5, 5.41) is 23.4. The molecule has 0 fully saturated rings. The number of amides is 1. The van der Waals surface area contributed by atoms with E-state index in [-0.39, 0.29) is 18.5 Å². The maximum Gasteiger partial charge on any atom is 0.326 e. The van der Waals surface area contributed by atoms with Crippen LogP contribution in [0.5, 0.6) is 0 Å². The maximum absolute atomic E-state index is 11.7. The van der Waals surface area contributed by atoms with Crippen LogP contribution in [-0.4, -0.2) is 43.9 Å². The van der Waals surface area contributed by atoms with Crippen molar-refractivity contribution in [1.29, 1.82) is 0 Å². The van der Waals surface area contributed by atoms with Crippen molar-refractivity contribution in [3.63, 3.8) is 0 Å². The molecule has 0 aliphatic heterocycles. The molecule has 8 heteroatoms. The van der Waals surface area contributed by atoms with Crippen LogP contribution in [0.25, 0.3) is 0 Å². The number of hydrogen-bond acceptors (Lipinski definition) is 4. The Morgan fingerprint density at radius 2 is 2.11 bits per heavy atom. The number of carboxylic acid groups (broad SMARTS) is 2. The molecule has 0 bridgehead atoms. The van der Waals surface area contributed by atoms with Crippen LogP contribution < -0.4 is 5.32 Å². The van der Waals surface area contributed by atoms with Crippen LogP contribution in [0, 0.1) is 0 Å². The Hall–Kier alpha value is -2.38. The van der Waals surface area contributed by atoms with Gasteiger partial charge in [0.2, 0.25) is 0 Å². The summed E-state index contributed by atoms with van der Waals surface area (Å²) in [5.74, 6) is -2.99. The summed E-state index contributed by atoms with van der Waals surface area (Å²) in [6, 6.07) is 0.203. The highest BCUT2D eigenvalue weighted by Crippen LogP contribution is 2.02. The zero-order valence-corrected chi connectivity index (χ0v) is 9.66. The van der Waals surface area contributed by atoms with Gasteiger partial charge in [0.15, 0.2) is 0 Å². The first-order chi connectivity index (χ1) is 8.41. The molecular formula is C10H13N3O5. The minimum absolute atomic E-state index is 0.172. The molecular weight excluding hydrogens is 242 g/mol. The van der Waals surface area contributed by atoms with E-state index in [4.69, 9.17) is 10.2 Å². The van der Waals surface area contributed by atoms with Crippen molar-refractivity contribution >= 4 is 17.8 Å². The van der Waals surface area contributed by atoms with E-state index >= 15 is 0 Å². The van der Waals surface area contributed by atoms with Crippen LogP contribution in [0.2, 0.25) is 0 Å². The molecule has 1 amide bonds. The third-order valence-electron chi connectivity index (χ3n) is 2.30. The first kappa shape index (κ1) is 13.7. The second kappa shape index (κ2) is 5.80. The van der Waals surface area contributed by atoms with Crippen molar-refractivity contribution in [3.05, 3.63) is 18.0 Å². The summed E-state index contributed by atoms with van der Waals surface area (Å²) in [6.45, 7) is 0. The van der Waals surface area contributed by atoms with Crippen molar-refractivity contribution in [3.8, 4) is 0 Å². The van der Waals surface area contributed by atoms with E-state index in [1.165, 1.54) is 16.9 Å². The van der Waals surface area contributed by atoms with E-state index in [1.54, 1.807) is 7.05 Å². The molecule has 0 radical (unpaired) electrons. The largest absolute Gasteiger partial charge is 0.481 e. The lowest BCUT2D eigenvalue weighted by Gasteiger charge is -2.13. The van der Waals surface area contributed by atoms with Gasteiger partial charge in [-0.3, -0.25) is 14.3 Å². The molecule has 0 aromatic carbocycles. The number of nitrogens with one attached hydrogen (secondary N) is 1. The van der Waals surface area contributed by atoms with Crippen molar-refractivity contribution in [2.75, 3.05) is 0 Å². The minimum Gasteiger partial charge on any atom is -0.481 e. The third kappa shape index (κ3) is 3.58. The van der Waals surface area contributed by atoms with Gasteiger partial charge in [-0.1, -0.05) is 0 Å². The fraction of sp³-hybridized carbons (Fsp3) is 0.400. The van der Waals surface area contributed by atoms with E-state index in [0.29, 0.717) is 0 Å². The minimum atomic E-state index is -1.27. The summed E-state index contributed by atoms with van der Waals surface area (Å²) in [6.07, 6.45) is 0.902. The molecule has 0 aliphatic carbocycles. The third-order valence-corrected chi connectivity index (χ3v) is 2.30. The van der Waals surface area contributed by atoms with Crippen molar-refractivity contribution in [2.45, 2.75) is 18.9 Å². The van der Waals surface area contributed by atoms with Crippen LogP contribution in [0.4, 0.5) is 0 Å². The first-order valence-electron chi connectivity index (χ1n) is 5.15. The Morgan fingerprint density at radius 3 is 2.56 bits per heavy atom. The normalized spacial score (nSPS) is 11.8. The van der Waals surface area contributed by atoms with Gasteiger partial charge in [0.05, 0.1) is 0 Å². The highest BCUT2D eigenvalue weighted by atomic mass is 16.4. The van der Waals surface area contributed by atoms with Crippen LogP contribution >= 0.6 is 0 Å². The number of hydrogen-bond donors (Lipinski definition) is 3. The average Bonchev–Trinajstić information content (AvgIpc) is 2.69. The van der Waals surface area contributed by atoms with Gasteiger partial charge in [0.25, 0.3) is 5.91 Å². The molecule has 0 saturated heterocycles. The van der Waals surface area contributed by atoms with E-state index in [2.05, 4.69) is 10.4 Å². The topological polar surface area (TPSA) is 122 Å². The Labute approximate surface area is 102 Å². The van der Waals surface area contributed by atoms with Crippen LogP contribution in [0.1, 0.15) is 23.3 Å². The summed E-state index contributed by atoms with van der Waals surface area (Å²) < 4.78 is 1.30. The molecule has 1 atom stereocenters. The van der Waals surface area contributed by atoms with E-state index in [1.807, 2.05) is 0 Å². The highest BCUT2D eigenvalue weighted by molar-refractivity contribution is 5.95. The second-order valence-corrected chi connectivity index (χ2v) is 3.64. The van der Waals surface area contributed by atoms with E-state index < -0.39 is 23.9 Å². The lowest BCUT2D eigenvalue weighted by Crippen LogP contribution is -2.41. The molecule has 1 rings (SSSR count). The number of carbonyl (C=O) groups is 3. The second-order valence-electron chi connectivity index (χ2n) is 3.64. The Balaban J connectivity index is 2.67. The maximum atomic E-state index is 11.7. The summed E-state index contributed by atoms with van der Waals surface area (Å²) in [4.78, 5) is 33.0. The van der Waals surface area contributed by atoms with E-state index in [9.17, 15) is 14.4 Å². The van der Waals surface area contributed by atoms with Crippen LogP contribution in [0.15, 0.2) is 12.3 Å². The van der Waals surface area contributed by atoms with Gasteiger partial charge in [-0.05, 0) is 12.5 Å². The number of carbonyl (C=O) groups excluding carboxylic acids is 1. The van der Waals surface area contributed by atoms with Crippen LogP contribution in [0.3, 0.4) is 0 Å². The molecule has 0 saturated carbocycles. The highest BCUT2D eigenvalue weighted by Gasteiger charge is 2.22. The van der Waals surface area contributed by atoms with Crippen molar-refractivity contribution < 1.29 is 24.6 Å². The Morgan fingerprint density at radius 1 is 1.44 bits per heavy atom. The number of rotatable bonds is 6. The molecule has 0 spiro atoms. The molecule has 0 aliphatic rings. The number of aryl methyl sites for hydroxylation is 1. The lowest BCUT2D eigenvalue weighted by molar-refractivity contribution is -0.140. The average molecular weight is 255 g/mol. The molecule has 1 aromatic rings. The lowest BCUT2D eigenvalue weighted by atomic mass is 10.1. The van der Waals surface area contributed by atoms with Crippen molar-refractivity contribution in [2.24, 2.45) is 7.05 Å². The first-order valence-corrected chi connectivity index (χ1v) is 5.15. The standard InChI is InChI=1S/C10H13N3O5/c1-13-7(4-5-11-13)9(16)12-6(10(17)18)2-3-8(14)15/h4-6H,2-3H2,1H3,(H,12,16)(H,14,15)(H,17,18)/t6-/m0/s1. The zero-order chi connectivity index (χ0) is 13.7. The summed E-state index contributed by atoms with van der Waals surface area (Å²) >= 11 is 0.